The minimum absolute atomic E-state index is 0.238. The van der Waals surface area contributed by atoms with Crippen molar-refractivity contribution >= 4 is 29.1 Å². The molecule has 5 atom stereocenters. The molecule has 2 aromatic rings. The first-order chi connectivity index (χ1) is 13.9. The zero-order valence-corrected chi connectivity index (χ0v) is 15.4. The van der Waals surface area contributed by atoms with Crippen molar-refractivity contribution in [2.75, 3.05) is 10.2 Å². The second-order valence-corrected chi connectivity index (χ2v) is 7.71. The van der Waals surface area contributed by atoms with E-state index in [2.05, 4.69) is 10.6 Å². The lowest BCUT2D eigenvalue weighted by atomic mass is 9.76. The number of carbonyl (C=O) groups is 3. The van der Waals surface area contributed by atoms with E-state index < -0.39 is 53.1 Å². The highest BCUT2D eigenvalue weighted by Gasteiger charge is 2.71. The van der Waals surface area contributed by atoms with Crippen molar-refractivity contribution < 1.29 is 23.9 Å². The van der Waals surface area contributed by atoms with Gasteiger partial charge in [0.25, 0.3) is 0 Å². The maximum absolute atomic E-state index is 13.5. The summed E-state index contributed by atoms with van der Waals surface area (Å²) >= 11 is 0. The number of rotatable bonds is 2. The lowest BCUT2D eigenvalue weighted by Gasteiger charge is -2.30. The SMILES string of the molecule is C[C@@H](O)[C@@H]1N[C@]2(C(=O)Nc3ccccc32)[C@@H]2C(=O)N(c3ccc(F)cc3)C(=O)[C@H]12. The minimum Gasteiger partial charge on any atom is -0.392 e. The number of aliphatic hydroxyl groups excluding tert-OH is 1. The minimum atomic E-state index is -1.45. The number of fused-ring (bicyclic) bond motifs is 4. The van der Waals surface area contributed by atoms with Crippen LogP contribution in [0.4, 0.5) is 15.8 Å². The van der Waals surface area contributed by atoms with E-state index in [4.69, 9.17) is 0 Å². The summed E-state index contributed by atoms with van der Waals surface area (Å²) in [5.41, 5.74) is -0.0764. The Bertz CT molecular complexity index is 1050. The van der Waals surface area contributed by atoms with Crippen LogP contribution in [0.3, 0.4) is 0 Å². The van der Waals surface area contributed by atoms with Crippen LogP contribution in [0.2, 0.25) is 0 Å². The van der Waals surface area contributed by atoms with Crippen molar-refractivity contribution in [2.24, 2.45) is 11.8 Å². The molecule has 3 N–H and O–H groups in total. The highest BCUT2D eigenvalue weighted by atomic mass is 19.1. The number of carbonyl (C=O) groups excluding carboxylic acids is 3. The average Bonchev–Trinajstić information content (AvgIpc) is 3.28. The Kier molecular flexibility index (Phi) is 3.68. The molecule has 2 saturated heterocycles. The Morgan fingerprint density at radius 1 is 1.07 bits per heavy atom. The van der Waals surface area contributed by atoms with Gasteiger partial charge in [-0.1, -0.05) is 18.2 Å². The molecule has 29 heavy (non-hydrogen) atoms. The Hall–Kier alpha value is -3.10. The molecule has 0 aromatic heterocycles. The fourth-order valence-corrected chi connectivity index (χ4v) is 4.95. The van der Waals surface area contributed by atoms with E-state index in [1.807, 2.05) is 0 Å². The molecule has 8 heteroatoms. The van der Waals surface area contributed by atoms with Gasteiger partial charge in [0.2, 0.25) is 17.7 Å². The number of anilines is 2. The standard InChI is InChI=1S/C21H18FN3O4/c1-10(26)17-15-16(19(28)25(18(15)27)12-8-6-11(22)7-9-12)21(24-17)13-4-2-3-5-14(13)23-20(21)29/h2-10,15-17,24,26H,1H3,(H,23,29)/t10-,15+,16+,17+,21+/m1/s1. The van der Waals surface area contributed by atoms with Gasteiger partial charge in [-0.05, 0) is 37.3 Å². The summed E-state index contributed by atoms with van der Waals surface area (Å²) in [5.74, 6) is -3.93. The first-order valence-electron chi connectivity index (χ1n) is 9.36. The van der Waals surface area contributed by atoms with Crippen molar-refractivity contribution in [3.8, 4) is 0 Å². The van der Waals surface area contributed by atoms with Gasteiger partial charge in [-0.15, -0.1) is 0 Å². The van der Waals surface area contributed by atoms with Crippen LogP contribution in [-0.4, -0.2) is 35.0 Å². The van der Waals surface area contributed by atoms with Crippen molar-refractivity contribution in [1.82, 2.24) is 5.32 Å². The molecule has 0 aliphatic carbocycles. The summed E-state index contributed by atoms with van der Waals surface area (Å²) in [6, 6.07) is 11.2. The Labute approximate surface area is 165 Å². The first-order valence-corrected chi connectivity index (χ1v) is 9.36. The number of hydrogen-bond donors (Lipinski definition) is 3. The average molecular weight is 395 g/mol. The molecule has 148 valence electrons. The fraction of sp³-hybridized carbons (Fsp3) is 0.286. The highest BCUT2D eigenvalue weighted by Crippen LogP contribution is 2.53. The number of para-hydroxylation sites is 1. The summed E-state index contributed by atoms with van der Waals surface area (Å²) in [6.07, 6.45) is -0.979. The van der Waals surface area contributed by atoms with Gasteiger partial charge >= 0.3 is 0 Å². The smallest absolute Gasteiger partial charge is 0.250 e. The molecule has 5 rings (SSSR count). The van der Waals surface area contributed by atoms with E-state index in [0.717, 1.165) is 4.90 Å². The van der Waals surface area contributed by atoms with Crippen LogP contribution in [0.5, 0.6) is 0 Å². The van der Waals surface area contributed by atoms with Crippen LogP contribution in [0.1, 0.15) is 12.5 Å². The molecule has 0 bridgehead atoms. The van der Waals surface area contributed by atoms with Crippen LogP contribution in [0, 0.1) is 17.7 Å². The number of nitrogens with zero attached hydrogens (tertiary/aromatic N) is 1. The van der Waals surface area contributed by atoms with Gasteiger partial charge in [0, 0.05) is 17.3 Å². The van der Waals surface area contributed by atoms with E-state index in [1.54, 1.807) is 24.3 Å². The molecule has 1 spiro atoms. The van der Waals surface area contributed by atoms with Crippen LogP contribution in [0.25, 0.3) is 0 Å². The first kappa shape index (κ1) is 18.0. The van der Waals surface area contributed by atoms with Gasteiger partial charge in [-0.2, -0.15) is 0 Å². The summed E-state index contributed by atoms with van der Waals surface area (Å²) in [5, 5.41) is 16.3. The number of benzene rings is 2. The van der Waals surface area contributed by atoms with Gasteiger partial charge in [-0.25, -0.2) is 9.29 Å². The maximum Gasteiger partial charge on any atom is 0.250 e. The molecular weight excluding hydrogens is 377 g/mol. The Morgan fingerprint density at radius 3 is 2.45 bits per heavy atom. The summed E-state index contributed by atoms with van der Waals surface area (Å²) in [6.45, 7) is 1.52. The van der Waals surface area contributed by atoms with E-state index in [-0.39, 0.29) is 5.69 Å². The zero-order chi connectivity index (χ0) is 20.5. The molecule has 0 saturated carbocycles. The predicted molar refractivity (Wildman–Crippen MR) is 101 cm³/mol. The number of hydrogen-bond acceptors (Lipinski definition) is 5. The quantitative estimate of drug-likeness (QED) is 0.663. The molecule has 3 amide bonds. The van der Waals surface area contributed by atoms with Crippen LogP contribution < -0.4 is 15.5 Å². The lowest BCUT2D eigenvalue weighted by Crippen LogP contribution is -2.54. The van der Waals surface area contributed by atoms with E-state index in [9.17, 15) is 23.9 Å². The largest absolute Gasteiger partial charge is 0.392 e. The van der Waals surface area contributed by atoms with Crippen LogP contribution in [0.15, 0.2) is 48.5 Å². The van der Waals surface area contributed by atoms with E-state index in [0.29, 0.717) is 11.3 Å². The third kappa shape index (κ3) is 2.21. The van der Waals surface area contributed by atoms with Crippen molar-refractivity contribution in [2.45, 2.75) is 24.6 Å². The molecule has 0 radical (unpaired) electrons. The Balaban J connectivity index is 1.68. The molecule has 2 fully saturated rings. The number of aliphatic hydroxyl groups is 1. The predicted octanol–water partition coefficient (Wildman–Crippen LogP) is 1.13. The van der Waals surface area contributed by atoms with Crippen molar-refractivity contribution in [3.05, 3.63) is 59.9 Å². The Morgan fingerprint density at radius 2 is 1.76 bits per heavy atom. The highest BCUT2D eigenvalue weighted by molar-refractivity contribution is 6.25. The summed E-state index contributed by atoms with van der Waals surface area (Å²) in [4.78, 5) is 40.9. The van der Waals surface area contributed by atoms with Gasteiger partial charge in [0.05, 0.1) is 23.6 Å². The van der Waals surface area contributed by atoms with E-state index >= 15 is 0 Å². The maximum atomic E-state index is 13.5. The number of amides is 3. The molecular formula is C21H18FN3O4. The van der Waals surface area contributed by atoms with Gasteiger partial charge in [-0.3, -0.25) is 19.7 Å². The van der Waals surface area contributed by atoms with Gasteiger partial charge in [0.15, 0.2) is 0 Å². The van der Waals surface area contributed by atoms with Crippen molar-refractivity contribution in [1.29, 1.82) is 0 Å². The van der Waals surface area contributed by atoms with Crippen molar-refractivity contribution in [3.63, 3.8) is 0 Å². The number of nitrogens with one attached hydrogen (secondary N) is 2. The third-order valence-corrected chi connectivity index (χ3v) is 6.16. The topological polar surface area (TPSA) is 98.7 Å². The number of imide groups is 1. The normalized spacial score (nSPS) is 31.2. The zero-order valence-electron chi connectivity index (χ0n) is 15.4. The second kappa shape index (κ2) is 5.95. The third-order valence-electron chi connectivity index (χ3n) is 6.16. The summed E-state index contributed by atoms with van der Waals surface area (Å²) in [7, 11) is 0. The summed E-state index contributed by atoms with van der Waals surface area (Å²) < 4.78 is 13.3. The molecule has 0 unspecified atom stereocenters. The number of halogens is 1. The molecule has 3 heterocycles. The lowest BCUT2D eigenvalue weighted by molar-refractivity contribution is -0.130. The monoisotopic (exact) mass is 395 g/mol. The molecule has 3 aliphatic rings. The van der Waals surface area contributed by atoms with Crippen LogP contribution >= 0.6 is 0 Å². The molecule has 2 aromatic carbocycles. The molecule has 7 nitrogen and oxygen atoms in total. The van der Waals surface area contributed by atoms with E-state index in [1.165, 1.54) is 31.2 Å². The fourth-order valence-electron chi connectivity index (χ4n) is 4.95. The van der Waals surface area contributed by atoms with Gasteiger partial charge < -0.3 is 10.4 Å². The second-order valence-electron chi connectivity index (χ2n) is 7.71. The molecule has 3 aliphatic heterocycles. The van der Waals surface area contributed by atoms with Gasteiger partial charge in [0.1, 0.15) is 11.4 Å². The van der Waals surface area contributed by atoms with Crippen LogP contribution in [-0.2, 0) is 19.9 Å².